The minimum Gasteiger partial charge on any atom is -0.391 e. The van der Waals surface area contributed by atoms with Gasteiger partial charge in [0.05, 0.1) is 11.5 Å². The van der Waals surface area contributed by atoms with Gasteiger partial charge in [-0.25, -0.2) is 0 Å². The quantitative estimate of drug-likeness (QED) is 0.520. The second-order valence-corrected chi connectivity index (χ2v) is 5.08. The van der Waals surface area contributed by atoms with E-state index >= 15 is 0 Å². The Bertz CT molecular complexity index is 337. The Balaban J connectivity index is 2.07. The Morgan fingerprint density at radius 2 is 2.35 bits per heavy atom. The van der Waals surface area contributed by atoms with Crippen molar-refractivity contribution in [3.8, 4) is 0 Å². The van der Waals surface area contributed by atoms with Crippen LogP contribution in [0.1, 0.15) is 19.8 Å². The minimum absolute atomic E-state index is 0.0607. The van der Waals surface area contributed by atoms with Crippen LogP contribution in [0.15, 0.2) is 0 Å². The Labute approximate surface area is 100 Å². The molecule has 0 aromatic heterocycles. The first-order chi connectivity index (χ1) is 7.98. The van der Waals surface area contributed by atoms with E-state index in [1.807, 2.05) is 0 Å². The predicted octanol–water partition coefficient (Wildman–Crippen LogP) is -1.57. The van der Waals surface area contributed by atoms with Crippen molar-refractivity contribution in [1.29, 1.82) is 0 Å². The third-order valence-electron chi connectivity index (χ3n) is 3.74. The van der Waals surface area contributed by atoms with Gasteiger partial charge in [-0.2, -0.15) is 0 Å². The van der Waals surface area contributed by atoms with E-state index in [0.29, 0.717) is 13.1 Å². The van der Waals surface area contributed by atoms with Crippen molar-refractivity contribution in [1.82, 2.24) is 10.2 Å². The van der Waals surface area contributed by atoms with E-state index in [1.54, 1.807) is 0 Å². The van der Waals surface area contributed by atoms with Gasteiger partial charge in [0.2, 0.25) is 11.8 Å². The molecule has 96 valence electrons. The maximum Gasteiger partial charge on any atom is 0.242 e. The SMILES string of the molecule is C[C@@H](O)[C@@H](C(N)=O)N1CC2(CCCNC2)C1=O. The third kappa shape index (κ3) is 1.91. The number of hydrogen-bond acceptors (Lipinski definition) is 4. The molecule has 2 aliphatic heterocycles. The zero-order valence-electron chi connectivity index (χ0n) is 9.98. The van der Waals surface area contributed by atoms with Crippen molar-refractivity contribution < 1.29 is 14.7 Å². The van der Waals surface area contributed by atoms with Gasteiger partial charge in [-0.05, 0) is 26.3 Å². The summed E-state index contributed by atoms with van der Waals surface area (Å²) in [4.78, 5) is 24.8. The summed E-state index contributed by atoms with van der Waals surface area (Å²) in [6.45, 7) is 3.59. The number of rotatable bonds is 3. The van der Waals surface area contributed by atoms with Gasteiger partial charge < -0.3 is 21.1 Å². The Morgan fingerprint density at radius 1 is 1.65 bits per heavy atom. The molecule has 6 heteroatoms. The van der Waals surface area contributed by atoms with E-state index in [4.69, 9.17) is 5.73 Å². The van der Waals surface area contributed by atoms with Crippen LogP contribution in [0, 0.1) is 5.41 Å². The number of aliphatic hydroxyl groups excluding tert-OH is 1. The lowest BCUT2D eigenvalue weighted by Gasteiger charge is -2.53. The fourth-order valence-electron chi connectivity index (χ4n) is 2.84. The number of amides is 2. The lowest BCUT2D eigenvalue weighted by molar-refractivity contribution is -0.173. The molecule has 1 spiro atoms. The van der Waals surface area contributed by atoms with Gasteiger partial charge in [0, 0.05) is 13.1 Å². The second-order valence-electron chi connectivity index (χ2n) is 5.08. The summed E-state index contributed by atoms with van der Waals surface area (Å²) in [5.74, 6) is -0.707. The molecule has 2 heterocycles. The van der Waals surface area contributed by atoms with Gasteiger partial charge in [0.1, 0.15) is 6.04 Å². The van der Waals surface area contributed by atoms with E-state index in [0.717, 1.165) is 19.4 Å². The third-order valence-corrected chi connectivity index (χ3v) is 3.74. The Morgan fingerprint density at radius 3 is 2.76 bits per heavy atom. The molecule has 0 radical (unpaired) electrons. The number of carbonyl (C=O) groups excluding carboxylic acids is 2. The summed E-state index contributed by atoms with van der Waals surface area (Å²) >= 11 is 0. The van der Waals surface area contributed by atoms with Gasteiger partial charge >= 0.3 is 0 Å². The maximum atomic E-state index is 12.2. The number of nitrogens with one attached hydrogen (secondary N) is 1. The highest BCUT2D eigenvalue weighted by atomic mass is 16.3. The molecule has 4 N–H and O–H groups in total. The highest BCUT2D eigenvalue weighted by molar-refractivity contribution is 5.94. The van der Waals surface area contributed by atoms with Crippen LogP contribution in [0.25, 0.3) is 0 Å². The highest BCUT2D eigenvalue weighted by Crippen LogP contribution is 2.39. The summed E-state index contributed by atoms with van der Waals surface area (Å²) in [6, 6.07) is -0.893. The molecular weight excluding hydrogens is 222 g/mol. The molecule has 2 amide bonds. The highest BCUT2D eigenvalue weighted by Gasteiger charge is 2.55. The molecule has 0 aromatic carbocycles. The Hall–Kier alpha value is -1.14. The number of nitrogens with zero attached hydrogens (tertiary/aromatic N) is 1. The Kier molecular flexibility index (Phi) is 3.09. The van der Waals surface area contributed by atoms with Crippen molar-refractivity contribution in [2.24, 2.45) is 11.1 Å². The van der Waals surface area contributed by atoms with E-state index < -0.39 is 18.1 Å². The molecule has 3 atom stereocenters. The zero-order chi connectivity index (χ0) is 12.6. The molecule has 0 saturated carbocycles. The number of aliphatic hydroxyl groups is 1. The average molecular weight is 241 g/mol. The van der Waals surface area contributed by atoms with Crippen LogP contribution in [-0.2, 0) is 9.59 Å². The molecule has 0 aliphatic carbocycles. The van der Waals surface area contributed by atoms with E-state index in [9.17, 15) is 14.7 Å². The smallest absolute Gasteiger partial charge is 0.242 e. The van der Waals surface area contributed by atoms with Crippen LogP contribution >= 0.6 is 0 Å². The summed E-state index contributed by atoms with van der Waals surface area (Å²) in [7, 11) is 0. The first kappa shape index (κ1) is 12.3. The van der Waals surface area contributed by atoms with Crippen molar-refractivity contribution in [2.45, 2.75) is 31.9 Å². The van der Waals surface area contributed by atoms with Crippen molar-refractivity contribution in [2.75, 3.05) is 19.6 Å². The fraction of sp³-hybridized carbons (Fsp3) is 0.818. The van der Waals surface area contributed by atoms with Gasteiger partial charge in [-0.15, -0.1) is 0 Å². The molecule has 2 rings (SSSR count). The average Bonchev–Trinajstić information content (AvgIpc) is 2.28. The minimum atomic E-state index is -0.926. The molecule has 0 bridgehead atoms. The summed E-state index contributed by atoms with van der Waals surface area (Å²) in [6.07, 6.45) is 0.890. The second kappa shape index (κ2) is 4.27. The molecule has 0 aromatic rings. The fourth-order valence-corrected chi connectivity index (χ4v) is 2.84. The summed E-state index contributed by atoms with van der Waals surface area (Å²) in [5, 5.41) is 12.7. The van der Waals surface area contributed by atoms with Crippen LogP contribution in [0.2, 0.25) is 0 Å². The van der Waals surface area contributed by atoms with Crippen LogP contribution in [0.4, 0.5) is 0 Å². The normalized spacial score (nSPS) is 32.1. The van der Waals surface area contributed by atoms with Gasteiger partial charge in [0.25, 0.3) is 0 Å². The van der Waals surface area contributed by atoms with Crippen molar-refractivity contribution in [3.63, 3.8) is 0 Å². The lowest BCUT2D eigenvalue weighted by Crippen LogP contribution is -2.72. The maximum absolute atomic E-state index is 12.2. The largest absolute Gasteiger partial charge is 0.391 e. The van der Waals surface area contributed by atoms with Gasteiger partial charge in [0.15, 0.2) is 0 Å². The van der Waals surface area contributed by atoms with Crippen molar-refractivity contribution >= 4 is 11.8 Å². The molecule has 1 unspecified atom stereocenters. The van der Waals surface area contributed by atoms with Gasteiger partial charge in [-0.3, -0.25) is 9.59 Å². The van der Waals surface area contributed by atoms with Crippen LogP contribution in [0.3, 0.4) is 0 Å². The van der Waals surface area contributed by atoms with Gasteiger partial charge in [-0.1, -0.05) is 0 Å². The number of likely N-dealkylation sites (tertiary alicyclic amines) is 1. The first-order valence-corrected chi connectivity index (χ1v) is 5.97. The van der Waals surface area contributed by atoms with E-state index in [1.165, 1.54) is 11.8 Å². The number of nitrogens with two attached hydrogens (primary N) is 1. The molecule has 6 nitrogen and oxygen atoms in total. The number of carbonyl (C=O) groups is 2. The summed E-state index contributed by atoms with van der Waals surface area (Å²) < 4.78 is 0. The number of hydrogen-bond donors (Lipinski definition) is 3. The summed E-state index contributed by atoms with van der Waals surface area (Å²) in [5.41, 5.74) is 4.86. The van der Waals surface area contributed by atoms with Crippen LogP contribution in [-0.4, -0.2) is 53.6 Å². The van der Waals surface area contributed by atoms with Crippen molar-refractivity contribution in [3.05, 3.63) is 0 Å². The van der Waals surface area contributed by atoms with E-state index in [2.05, 4.69) is 5.32 Å². The number of piperidine rings is 1. The van der Waals surface area contributed by atoms with E-state index in [-0.39, 0.29) is 11.3 Å². The first-order valence-electron chi connectivity index (χ1n) is 5.97. The molecular formula is C11H19N3O3. The van der Waals surface area contributed by atoms with Crippen LogP contribution < -0.4 is 11.1 Å². The monoisotopic (exact) mass is 241 g/mol. The molecule has 17 heavy (non-hydrogen) atoms. The molecule has 2 saturated heterocycles. The molecule has 2 aliphatic rings. The zero-order valence-corrected chi connectivity index (χ0v) is 9.98. The lowest BCUT2D eigenvalue weighted by atomic mass is 9.72. The molecule has 2 fully saturated rings. The predicted molar refractivity (Wildman–Crippen MR) is 60.9 cm³/mol. The number of β-lactam (4-membered cyclic amide) rings is 1. The van der Waals surface area contributed by atoms with Crippen LogP contribution in [0.5, 0.6) is 0 Å². The number of primary amides is 1. The topological polar surface area (TPSA) is 95.7 Å². The standard InChI is InChI=1S/C11H19N3O3/c1-7(15)8(9(12)16)14-6-11(10(14)17)3-2-4-13-5-11/h7-8,13,15H,2-6H2,1H3,(H2,12,16)/t7-,8+,11?/m1/s1.